The minimum atomic E-state index is -4.10. The number of amides is 1. The molecule has 1 amide bonds. The van der Waals surface area contributed by atoms with Crippen molar-refractivity contribution in [2.24, 2.45) is 0 Å². The lowest BCUT2D eigenvalue weighted by Gasteiger charge is -2.27. The first-order chi connectivity index (χ1) is 14.4. The van der Waals surface area contributed by atoms with Gasteiger partial charge in [-0.05, 0) is 30.3 Å². The normalized spacial score (nSPS) is 14.1. The first-order valence-electron chi connectivity index (χ1n) is 9.12. The van der Waals surface area contributed by atoms with E-state index in [-0.39, 0.29) is 33.4 Å². The molecule has 1 N–H and O–H groups in total. The van der Waals surface area contributed by atoms with Crippen molar-refractivity contribution in [1.82, 2.24) is 4.90 Å². The maximum absolute atomic E-state index is 13.0. The number of sulfonamides is 1. The van der Waals surface area contributed by atoms with Crippen LogP contribution in [0.1, 0.15) is 20.7 Å². The van der Waals surface area contributed by atoms with E-state index in [1.165, 1.54) is 44.6 Å². The Morgan fingerprint density at radius 2 is 1.73 bits per heavy atom. The first-order valence-corrected chi connectivity index (χ1v) is 10.6. The Kier molecular flexibility index (Phi) is 6.58. The van der Waals surface area contributed by atoms with Crippen molar-refractivity contribution in [3.63, 3.8) is 0 Å². The number of hydrogen-bond acceptors (Lipinski definition) is 7. The number of methoxy groups -OCH3 is 2. The molecule has 10 heteroatoms. The van der Waals surface area contributed by atoms with Crippen LogP contribution in [0.3, 0.4) is 0 Å². The summed E-state index contributed by atoms with van der Waals surface area (Å²) in [6.07, 6.45) is 0. The molecule has 0 radical (unpaired) electrons. The molecular formula is C20H22N2O7S. The van der Waals surface area contributed by atoms with E-state index in [9.17, 15) is 18.0 Å². The molecule has 1 aliphatic rings. The third kappa shape index (κ3) is 4.55. The molecule has 0 spiro atoms. The van der Waals surface area contributed by atoms with Gasteiger partial charge in [-0.1, -0.05) is 12.1 Å². The number of morpholine rings is 1. The molecule has 1 saturated heterocycles. The van der Waals surface area contributed by atoms with Crippen LogP contribution in [0.5, 0.6) is 5.75 Å². The van der Waals surface area contributed by atoms with E-state index < -0.39 is 16.0 Å². The van der Waals surface area contributed by atoms with Gasteiger partial charge in [-0.15, -0.1) is 0 Å². The molecule has 0 aliphatic carbocycles. The van der Waals surface area contributed by atoms with E-state index in [0.717, 1.165) is 0 Å². The van der Waals surface area contributed by atoms with Crippen molar-refractivity contribution in [3.8, 4) is 5.75 Å². The topological polar surface area (TPSA) is 111 Å². The summed E-state index contributed by atoms with van der Waals surface area (Å²) in [6, 6.07) is 10.1. The zero-order valence-corrected chi connectivity index (χ0v) is 17.4. The van der Waals surface area contributed by atoms with Gasteiger partial charge >= 0.3 is 5.97 Å². The quantitative estimate of drug-likeness (QED) is 0.690. The Hall–Kier alpha value is -3.11. The first kappa shape index (κ1) is 21.6. The van der Waals surface area contributed by atoms with Crippen LogP contribution in [0.25, 0.3) is 0 Å². The average molecular weight is 434 g/mol. The fourth-order valence-electron chi connectivity index (χ4n) is 3.02. The highest BCUT2D eigenvalue weighted by atomic mass is 32.2. The predicted molar refractivity (Wildman–Crippen MR) is 108 cm³/mol. The molecule has 30 heavy (non-hydrogen) atoms. The van der Waals surface area contributed by atoms with E-state index in [2.05, 4.69) is 4.72 Å². The lowest BCUT2D eigenvalue weighted by atomic mass is 10.1. The zero-order chi connectivity index (χ0) is 21.7. The fourth-order valence-corrected chi connectivity index (χ4v) is 4.13. The van der Waals surface area contributed by atoms with Gasteiger partial charge in [0.05, 0.1) is 49.1 Å². The van der Waals surface area contributed by atoms with E-state index in [4.69, 9.17) is 14.2 Å². The minimum absolute atomic E-state index is 0.0706. The van der Waals surface area contributed by atoms with Gasteiger partial charge in [0, 0.05) is 13.1 Å². The van der Waals surface area contributed by atoms with Crippen LogP contribution in [0.2, 0.25) is 0 Å². The summed E-state index contributed by atoms with van der Waals surface area (Å²) in [6.45, 7) is 1.64. The SMILES string of the molecule is COC(=O)c1ccccc1NS(=O)(=O)c1ccc(OC)c(C(=O)N2CCOCC2)c1. The van der Waals surface area contributed by atoms with Gasteiger partial charge in [0.15, 0.2) is 0 Å². The van der Waals surface area contributed by atoms with Crippen molar-refractivity contribution in [2.75, 3.05) is 45.2 Å². The molecule has 0 aromatic heterocycles. The molecule has 0 atom stereocenters. The lowest BCUT2D eigenvalue weighted by molar-refractivity contribution is 0.0300. The van der Waals surface area contributed by atoms with Crippen LogP contribution in [0.15, 0.2) is 47.4 Å². The molecular weight excluding hydrogens is 412 g/mol. The third-order valence-electron chi connectivity index (χ3n) is 4.59. The van der Waals surface area contributed by atoms with Gasteiger partial charge in [-0.2, -0.15) is 0 Å². The van der Waals surface area contributed by atoms with Crippen LogP contribution in [-0.4, -0.2) is 65.7 Å². The van der Waals surface area contributed by atoms with Gasteiger partial charge < -0.3 is 19.1 Å². The number of ether oxygens (including phenoxy) is 3. The van der Waals surface area contributed by atoms with Crippen LogP contribution in [-0.2, 0) is 19.5 Å². The van der Waals surface area contributed by atoms with Crippen molar-refractivity contribution < 1.29 is 32.2 Å². The number of para-hydroxylation sites is 1. The number of esters is 1. The third-order valence-corrected chi connectivity index (χ3v) is 5.95. The van der Waals surface area contributed by atoms with Crippen molar-refractivity contribution in [3.05, 3.63) is 53.6 Å². The fraction of sp³-hybridized carbons (Fsp3) is 0.300. The van der Waals surface area contributed by atoms with E-state index in [0.29, 0.717) is 26.3 Å². The van der Waals surface area contributed by atoms with E-state index in [1.54, 1.807) is 17.0 Å². The Balaban J connectivity index is 1.95. The van der Waals surface area contributed by atoms with Gasteiger partial charge in [-0.3, -0.25) is 9.52 Å². The van der Waals surface area contributed by atoms with E-state index in [1.807, 2.05) is 0 Å². The molecule has 1 aliphatic heterocycles. The van der Waals surface area contributed by atoms with Crippen molar-refractivity contribution >= 4 is 27.6 Å². The molecule has 0 saturated carbocycles. The maximum atomic E-state index is 13.0. The Morgan fingerprint density at radius 1 is 1.03 bits per heavy atom. The molecule has 160 valence electrons. The van der Waals surface area contributed by atoms with Crippen LogP contribution >= 0.6 is 0 Å². The summed E-state index contributed by atoms with van der Waals surface area (Å²) in [7, 11) is -1.48. The number of benzene rings is 2. The second-order valence-corrected chi connectivity index (χ2v) is 8.09. The Labute approximate surface area is 174 Å². The van der Waals surface area contributed by atoms with Crippen molar-refractivity contribution in [1.29, 1.82) is 0 Å². The smallest absolute Gasteiger partial charge is 0.339 e. The number of carbonyl (C=O) groups is 2. The number of rotatable bonds is 6. The molecule has 0 unspecified atom stereocenters. The van der Waals surface area contributed by atoms with Crippen LogP contribution in [0.4, 0.5) is 5.69 Å². The molecule has 2 aromatic rings. The summed E-state index contributed by atoms with van der Waals surface area (Å²) in [5, 5.41) is 0. The molecule has 3 rings (SSSR count). The highest BCUT2D eigenvalue weighted by molar-refractivity contribution is 7.92. The molecule has 1 fully saturated rings. The van der Waals surface area contributed by atoms with Gasteiger partial charge in [0.25, 0.3) is 15.9 Å². The summed E-state index contributed by atoms with van der Waals surface area (Å²) < 4.78 is 43.5. The monoisotopic (exact) mass is 434 g/mol. The largest absolute Gasteiger partial charge is 0.496 e. The molecule has 1 heterocycles. The Morgan fingerprint density at radius 3 is 2.40 bits per heavy atom. The number of carbonyl (C=O) groups excluding carboxylic acids is 2. The van der Waals surface area contributed by atoms with Gasteiger partial charge in [-0.25, -0.2) is 13.2 Å². The highest BCUT2D eigenvalue weighted by Gasteiger charge is 2.25. The molecule has 2 aromatic carbocycles. The van der Waals surface area contributed by atoms with Crippen molar-refractivity contribution in [2.45, 2.75) is 4.90 Å². The summed E-state index contributed by atoms with van der Waals surface area (Å²) in [5.74, 6) is -0.756. The standard InChI is InChI=1S/C20H22N2O7S/c1-27-18-8-7-14(13-16(18)19(23)22-9-11-29-12-10-22)30(25,26)21-17-6-4-3-5-15(17)20(24)28-2/h3-8,13,21H,9-12H2,1-2H3. The second-order valence-electron chi connectivity index (χ2n) is 6.41. The summed E-state index contributed by atoms with van der Waals surface area (Å²) in [5.41, 5.74) is 0.270. The predicted octanol–water partition coefficient (Wildman–Crippen LogP) is 1.75. The second kappa shape index (κ2) is 9.14. The number of hydrogen-bond donors (Lipinski definition) is 1. The number of nitrogens with one attached hydrogen (secondary N) is 1. The summed E-state index contributed by atoms with van der Waals surface area (Å²) >= 11 is 0. The molecule has 9 nitrogen and oxygen atoms in total. The van der Waals surface area contributed by atoms with Gasteiger partial charge in [0.1, 0.15) is 5.75 Å². The zero-order valence-electron chi connectivity index (χ0n) is 16.6. The van der Waals surface area contributed by atoms with Crippen LogP contribution < -0.4 is 9.46 Å². The van der Waals surface area contributed by atoms with Crippen LogP contribution in [0, 0.1) is 0 Å². The van der Waals surface area contributed by atoms with Gasteiger partial charge in [0.2, 0.25) is 0 Å². The average Bonchev–Trinajstić information content (AvgIpc) is 2.78. The number of anilines is 1. The maximum Gasteiger partial charge on any atom is 0.339 e. The molecule has 0 bridgehead atoms. The highest BCUT2D eigenvalue weighted by Crippen LogP contribution is 2.27. The lowest BCUT2D eigenvalue weighted by Crippen LogP contribution is -2.40. The minimum Gasteiger partial charge on any atom is -0.496 e. The summed E-state index contributed by atoms with van der Waals surface area (Å²) in [4.78, 5) is 26.3. The Bertz CT molecular complexity index is 1050. The van der Waals surface area contributed by atoms with E-state index >= 15 is 0 Å². The number of nitrogens with zero attached hydrogens (tertiary/aromatic N) is 1.